The zero-order valence-electron chi connectivity index (χ0n) is 7.75. The fourth-order valence-corrected chi connectivity index (χ4v) is 1.67. The largest absolute Gasteiger partial charge is 0.385 e. The number of ether oxygens (including phenoxy) is 1. The van der Waals surface area contributed by atoms with Crippen molar-refractivity contribution in [1.29, 1.82) is 0 Å². The maximum absolute atomic E-state index is 9.45. The molecule has 0 aromatic carbocycles. The topological polar surface area (TPSA) is 50.5 Å². The zero-order valence-corrected chi connectivity index (χ0v) is 7.75. The Labute approximate surface area is 73.5 Å². The van der Waals surface area contributed by atoms with E-state index in [0.29, 0.717) is 6.61 Å². The molecule has 0 aromatic heterocycles. The summed E-state index contributed by atoms with van der Waals surface area (Å²) >= 11 is 0. The quantitative estimate of drug-likeness (QED) is 0.415. The molecular formula is C8H20N2O2+2. The van der Waals surface area contributed by atoms with Gasteiger partial charge in [-0.25, -0.2) is 0 Å². The second-order valence-corrected chi connectivity index (χ2v) is 3.43. The number of nitrogens with one attached hydrogen (secondary N) is 1. The van der Waals surface area contributed by atoms with Gasteiger partial charge in [0.05, 0.1) is 6.61 Å². The smallest absolute Gasteiger partial charge is 0.127 e. The van der Waals surface area contributed by atoms with Crippen molar-refractivity contribution >= 4 is 0 Å². The first-order valence-electron chi connectivity index (χ1n) is 4.65. The number of rotatable bonds is 4. The maximum Gasteiger partial charge on any atom is 0.127 e. The van der Waals surface area contributed by atoms with Crippen LogP contribution in [0, 0.1) is 0 Å². The van der Waals surface area contributed by atoms with E-state index in [1.165, 1.54) is 31.1 Å². The van der Waals surface area contributed by atoms with Crippen molar-refractivity contribution in [2.24, 2.45) is 0 Å². The average molecular weight is 176 g/mol. The predicted octanol–water partition coefficient (Wildman–Crippen LogP) is -3.54. The second-order valence-electron chi connectivity index (χ2n) is 3.43. The summed E-state index contributed by atoms with van der Waals surface area (Å²) in [5.41, 5.74) is 0. The molecule has 0 radical (unpaired) electrons. The van der Waals surface area contributed by atoms with Crippen molar-refractivity contribution in [3.05, 3.63) is 0 Å². The molecule has 0 spiro atoms. The highest BCUT2D eigenvalue weighted by molar-refractivity contribution is 4.49. The number of aliphatic hydroxyl groups is 1. The Morgan fingerprint density at radius 1 is 1.50 bits per heavy atom. The molecule has 1 saturated heterocycles. The van der Waals surface area contributed by atoms with Crippen molar-refractivity contribution in [1.82, 2.24) is 0 Å². The SMILES string of the molecule is COC[C@H](O)C[NH+]1CC[NH2+]CC1. The third-order valence-corrected chi connectivity index (χ3v) is 2.29. The van der Waals surface area contributed by atoms with E-state index >= 15 is 0 Å². The fraction of sp³-hybridized carbons (Fsp3) is 1.00. The summed E-state index contributed by atoms with van der Waals surface area (Å²) in [6, 6.07) is 0. The molecule has 1 fully saturated rings. The number of nitrogens with two attached hydrogens (primary N) is 1. The fourth-order valence-electron chi connectivity index (χ4n) is 1.67. The van der Waals surface area contributed by atoms with Crippen LogP contribution < -0.4 is 10.2 Å². The van der Waals surface area contributed by atoms with E-state index in [2.05, 4.69) is 5.32 Å². The average Bonchev–Trinajstić information content (AvgIpc) is 2.06. The van der Waals surface area contributed by atoms with Crippen molar-refractivity contribution in [2.75, 3.05) is 46.4 Å². The lowest BCUT2D eigenvalue weighted by atomic mass is 10.3. The summed E-state index contributed by atoms with van der Waals surface area (Å²) in [4.78, 5) is 1.50. The van der Waals surface area contributed by atoms with E-state index in [4.69, 9.17) is 4.74 Å². The number of piperazine rings is 1. The molecule has 4 N–H and O–H groups in total. The van der Waals surface area contributed by atoms with E-state index < -0.39 is 0 Å². The molecule has 1 atom stereocenters. The molecule has 72 valence electrons. The van der Waals surface area contributed by atoms with Crippen LogP contribution in [0.15, 0.2) is 0 Å². The molecular weight excluding hydrogens is 156 g/mol. The number of hydrogen-bond donors (Lipinski definition) is 3. The molecule has 0 bridgehead atoms. The van der Waals surface area contributed by atoms with Crippen molar-refractivity contribution in [2.45, 2.75) is 6.10 Å². The van der Waals surface area contributed by atoms with Gasteiger partial charge >= 0.3 is 0 Å². The van der Waals surface area contributed by atoms with Crippen LogP contribution in [-0.4, -0.2) is 57.7 Å². The first-order valence-corrected chi connectivity index (χ1v) is 4.65. The van der Waals surface area contributed by atoms with Gasteiger partial charge in [0.25, 0.3) is 0 Å². The molecule has 1 aliphatic rings. The minimum Gasteiger partial charge on any atom is -0.385 e. The van der Waals surface area contributed by atoms with Gasteiger partial charge in [0.2, 0.25) is 0 Å². The third-order valence-electron chi connectivity index (χ3n) is 2.29. The second kappa shape index (κ2) is 5.48. The van der Waals surface area contributed by atoms with Crippen molar-refractivity contribution in [3.8, 4) is 0 Å². The van der Waals surface area contributed by atoms with E-state index in [1.807, 2.05) is 0 Å². The van der Waals surface area contributed by atoms with E-state index in [1.54, 1.807) is 7.11 Å². The highest BCUT2D eigenvalue weighted by Crippen LogP contribution is 1.77. The standard InChI is InChI=1S/C8H18N2O2/c1-12-7-8(11)6-10-4-2-9-3-5-10/h8-9,11H,2-7H2,1H3/p+2/t8-/m1/s1. The van der Waals surface area contributed by atoms with Gasteiger partial charge in [-0.15, -0.1) is 0 Å². The Kier molecular flexibility index (Phi) is 4.53. The van der Waals surface area contributed by atoms with Gasteiger partial charge in [-0.05, 0) is 0 Å². The lowest BCUT2D eigenvalue weighted by Gasteiger charge is -2.24. The van der Waals surface area contributed by atoms with Crippen molar-refractivity contribution in [3.63, 3.8) is 0 Å². The lowest BCUT2D eigenvalue weighted by molar-refractivity contribution is -0.949. The van der Waals surface area contributed by atoms with E-state index in [-0.39, 0.29) is 6.10 Å². The van der Waals surface area contributed by atoms with Crippen LogP contribution in [0.4, 0.5) is 0 Å². The van der Waals surface area contributed by atoms with Gasteiger partial charge in [0, 0.05) is 7.11 Å². The van der Waals surface area contributed by atoms with Gasteiger partial charge in [-0.3, -0.25) is 0 Å². The normalized spacial score (nSPS) is 22.5. The van der Waals surface area contributed by atoms with Crippen LogP contribution in [0.1, 0.15) is 0 Å². The molecule has 4 heteroatoms. The minimum atomic E-state index is -0.289. The van der Waals surface area contributed by atoms with Crippen LogP contribution in [-0.2, 0) is 4.74 Å². The van der Waals surface area contributed by atoms with Crippen molar-refractivity contribution < 1.29 is 20.1 Å². The first-order chi connectivity index (χ1) is 5.83. The number of hydrogen-bond acceptors (Lipinski definition) is 2. The van der Waals surface area contributed by atoms with Gasteiger partial charge in [0.1, 0.15) is 38.8 Å². The van der Waals surface area contributed by atoms with Crippen LogP contribution in [0.2, 0.25) is 0 Å². The lowest BCUT2D eigenvalue weighted by Crippen LogP contribution is -3.21. The summed E-state index contributed by atoms with van der Waals surface area (Å²) < 4.78 is 4.87. The van der Waals surface area contributed by atoms with Gasteiger partial charge < -0.3 is 20.1 Å². The molecule has 0 aromatic rings. The number of quaternary nitrogens is 2. The summed E-state index contributed by atoms with van der Waals surface area (Å²) in [6.07, 6.45) is -0.289. The highest BCUT2D eigenvalue weighted by Gasteiger charge is 2.18. The van der Waals surface area contributed by atoms with E-state index in [0.717, 1.165) is 6.54 Å². The number of methoxy groups -OCH3 is 1. The van der Waals surface area contributed by atoms with Crippen LogP contribution in [0.25, 0.3) is 0 Å². The summed E-state index contributed by atoms with van der Waals surface area (Å²) in [5, 5.41) is 11.8. The Bertz CT molecular complexity index is 116. The van der Waals surface area contributed by atoms with Crippen LogP contribution >= 0.6 is 0 Å². The molecule has 1 aliphatic heterocycles. The predicted molar refractivity (Wildman–Crippen MR) is 45.1 cm³/mol. The monoisotopic (exact) mass is 176 g/mol. The van der Waals surface area contributed by atoms with Gasteiger partial charge in [-0.2, -0.15) is 0 Å². The molecule has 12 heavy (non-hydrogen) atoms. The molecule has 0 amide bonds. The maximum atomic E-state index is 9.45. The van der Waals surface area contributed by atoms with Crippen LogP contribution in [0.5, 0.6) is 0 Å². The molecule has 1 rings (SSSR count). The number of aliphatic hydroxyl groups excluding tert-OH is 1. The van der Waals surface area contributed by atoms with E-state index in [9.17, 15) is 5.11 Å². The molecule has 1 heterocycles. The zero-order chi connectivity index (χ0) is 8.81. The van der Waals surface area contributed by atoms with Gasteiger partial charge in [0.15, 0.2) is 0 Å². The molecule has 0 unspecified atom stereocenters. The Balaban J connectivity index is 2.11. The van der Waals surface area contributed by atoms with Gasteiger partial charge in [-0.1, -0.05) is 0 Å². The third kappa shape index (κ3) is 3.49. The highest BCUT2D eigenvalue weighted by atomic mass is 16.5. The molecule has 4 nitrogen and oxygen atoms in total. The minimum absolute atomic E-state index is 0.289. The molecule has 0 aliphatic carbocycles. The summed E-state index contributed by atoms with van der Waals surface area (Å²) in [6.45, 7) is 6.01. The summed E-state index contributed by atoms with van der Waals surface area (Å²) in [5.74, 6) is 0. The Morgan fingerprint density at radius 3 is 2.75 bits per heavy atom. The first kappa shape index (κ1) is 9.92. The summed E-state index contributed by atoms with van der Waals surface area (Å²) in [7, 11) is 1.63. The Morgan fingerprint density at radius 2 is 2.17 bits per heavy atom. The Hall–Kier alpha value is -0.160. The van der Waals surface area contributed by atoms with Crippen LogP contribution in [0.3, 0.4) is 0 Å². The molecule has 0 saturated carbocycles.